The fourth-order valence-electron chi connectivity index (χ4n) is 2.06. The van der Waals surface area contributed by atoms with Gasteiger partial charge in [-0.15, -0.1) is 0 Å². The minimum absolute atomic E-state index is 0.606. The number of H-pyrrole nitrogens is 1. The van der Waals surface area contributed by atoms with E-state index in [2.05, 4.69) is 20.3 Å². The Balaban J connectivity index is 1.86. The third-order valence-corrected chi connectivity index (χ3v) is 3.35. The van der Waals surface area contributed by atoms with Crippen molar-refractivity contribution in [3.63, 3.8) is 0 Å². The van der Waals surface area contributed by atoms with Crippen molar-refractivity contribution in [1.29, 1.82) is 0 Å². The molecule has 0 bridgehead atoms. The first-order chi connectivity index (χ1) is 9.74. The molecule has 0 saturated carbocycles. The van der Waals surface area contributed by atoms with Crippen LogP contribution < -0.4 is 0 Å². The highest BCUT2D eigenvalue weighted by Gasteiger charge is 2.09. The maximum Gasteiger partial charge on any atom is 0.195 e. The van der Waals surface area contributed by atoms with Crippen LogP contribution in [-0.2, 0) is 20.0 Å². The molecule has 3 rings (SSSR count). The minimum Gasteiger partial charge on any atom is -0.299 e. The second-order valence-corrected chi connectivity index (χ2v) is 4.88. The Kier molecular flexibility index (Phi) is 3.42. The number of rotatable bonds is 4. The number of pyridine rings is 1. The monoisotopic (exact) mass is 286 g/mol. The third-order valence-electron chi connectivity index (χ3n) is 3.03. The molecule has 20 heavy (non-hydrogen) atoms. The molecule has 102 valence electrons. The van der Waals surface area contributed by atoms with Crippen LogP contribution in [0.25, 0.3) is 11.5 Å². The molecule has 0 fully saturated rings. The Morgan fingerprint density at radius 1 is 1.35 bits per heavy atom. The van der Waals surface area contributed by atoms with E-state index in [1.54, 1.807) is 10.9 Å². The predicted octanol–water partition coefficient (Wildman–Crippen LogP) is 1.98. The van der Waals surface area contributed by atoms with Crippen molar-refractivity contribution in [2.75, 3.05) is 0 Å². The summed E-state index contributed by atoms with van der Waals surface area (Å²) < 4.78 is 4.36. The molecule has 3 heterocycles. The quantitative estimate of drug-likeness (QED) is 0.745. The van der Waals surface area contributed by atoms with E-state index in [1.165, 1.54) is 5.56 Å². The minimum atomic E-state index is 0.606. The van der Waals surface area contributed by atoms with Gasteiger partial charge in [-0.1, -0.05) is 6.07 Å². The molecule has 0 spiro atoms. The average molecular weight is 286 g/mol. The van der Waals surface area contributed by atoms with Crippen LogP contribution in [0, 0.1) is 4.77 Å². The van der Waals surface area contributed by atoms with Crippen molar-refractivity contribution in [2.24, 2.45) is 7.05 Å². The van der Waals surface area contributed by atoms with E-state index in [-0.39, 0.29) is 0 Å². The van der Waals surface area contributed by atoms with Gasteiger partial charge in [-0.2, -0.15) is 10.2 Å². The second-order valence-electron chi connectivity index (χ2n) is 4.49. The molecule has 0 aliphatic rings. The van der Waals surface area contributed by atoms with E-state index < -0.39 is 0 Å². The Morgan fingerprint density at radius 3 is 2.95 bits per heavy atom. The summed E-state index contributed by atoms with van der Waals surface area (Å²) in [5.41, 5.74) is 1.98. The summed E-state index contributed by atoms with van der Waals surface area (Å²) in [4.78, 5) is 4.32. The summed E-state index contributed by atoms with van der Waals surface area (Å²) >= 11 is 5.29. The van der Waals surface area contributed by atoms with Crippen LogP contribution in [-0.4, -0.2) is 29.5 Å². The first kappa shape index (κ1) is 12.7. The molecule has 7 heteroatoms. The molecule has 0 saturated heterocycles. The zero-order valence-corrected chi connectivity index (χ0v) is 11.8. The topological polar surface area (TPSA) is 64.3 Å². The number of nitrogens with one attached hydrogen (secondary N) is 1. The van der Waals surface area contributed by atoms with Gasteiger partial charge >= 0.3 is 0 Å². The molecule has 0 radical (unpaired) electrons. The number of aromatic nitrogens is 6. The maximum absolute atomic E-state index is 5.29. The summed E-state index contributed by atoms with van der Waals surface area (Å²) in [6.45, 7) is 0.743. The molecule has 0 aliphatic heterocycles. The number of hydrogen-bond acceptors (Lipinski definition) is 4. The lowest BCUT2D eigenvalue weighted by Crippen LogP contribution is -2.04. The van der Waals surface area contributed by atoms with Crippen molar-refractivity contribution < 1.29 is 0 Å². The van der Waals surface area contributed by atoms with Crippen molar-refractivity contribution in [3.8, 4) is 11.5 Å². The number of aromatic amines is 1. The lowest BCUT2D eigenvalue weighted by Gasteiger charge is -2.05. The highest BCUT2D eigenvalue weighted by molar-refractivity contribution is 7.71. The zero-order chi connectivity index (χ0) is 13.9. The fourth-order valence-corrected chi connectivity index (χ4v) is 2.28. The summed E-state index contributed by atoms with van der Waals surface area (Å²) in [5.74, 6) is 0.763. The zero-order valence-electron chi connectivity index (χ0n) is 11.0. The lowest BCUT2D eigenvalue weighted by atomic mass is 10.2. The first-order valence-corrected chi connectivity index (χ1v) is 6.69. The molecular weight excluding hydrogens is 272 g/mol. The molecule has 0 atom stereocenters. The van der Waals surface area contributed by atoms with Gasteiger partial charge < -0.3 is 0 Å². The van der Waals surface area contributed by atoms with E-state index >= 15 is 0 Å². The molecule has 6 nitrogen and oxygen atoms in total. The van der Waals surface area contributed by atoms with Crippen LogP contribution in [0.15, 0.2) is 36.8 Å². The van der Waals surface area contributed by atoms with Crippen LogP contribution >= 0.6 is 12.2 Å². The summed E-state index contributed by atoms with van der Waals surface area (Å²) in [6, 6.07) is 5.74. The molecule has 1 N–H and O–H groups in total. The normalized spacial score (nSPS) is 10.8. The van der Waals surface area contributed by atoms with Gasteiger partial charge in [-0.25, -0.2) is 0 Å². The van der Waals surface area contributed by atoms with Gasteiger partial charge in [0.1, 0.15) is 5.69 Å². The lowest BCUT2D eigenvalue weighted by molar-refractivity contribution is 0.689. The molecule has 3 aromatic heterocycles. The molecule has 0 aliphatic carbocycles. The van der Waals surface area contributed by atoms with Gasteiger partial charge in [0, 0.05) is 26.0 Å². The van der Waals surface area contributed by atoms with Gasteiger partial charge in [0.05, 0.1) is 6.20 Å². The van der Waals surface area contributed by atoms with E-state index in [4.69, 9.17) is 12.2 Å². The third kappa shape index (κ3) is 2.53. The smallest absolute Gasteiger partial charge is 0.195 e. The SMILES string of the molecule is Cn1cc(CCn2c(-c3ccccn3)n[nH]c2=S)cn1. The van der Waals surface area contributed by atoms with Crippen LogP contribution in [0.3, 0.4) is 0 Å². The van der Waals surface area contributed by atoms with E-state index in [0.29, 0.717) is 4.77 Å². The van der Waals surface area contributed by atoms with E-state index in [9.17, 15) is 0 Å². The Hall–Kier alpha value is -2.28. The van der Waals surface area contributed by atoms with E-state index in [1.807, 2.05) is 42.2 Å². The number of aryl methyl sites for hydroxylation is 2. The fraction of sp³-hybridized carbons (Fsp3) is 0.231. The largest absolute Gasteiger partial charge is 0.299 e. The summed E-state index contributed by atoms with van der Waals surface area (Å²) in [6.07, 6.45) is 6.47. The van der Waals surface area contributed by atoms with Crippen molar-refractivity contribution in [3.05, 3.63) is 47.1 Å². The van der Waals surface area contributed by atoms with Crippen LogP contribution in [0.5, 0.6) is 0 Å². The maximum atomic E-state index is 5.29. The van der Waals surface area contributed by atoms with Gasteiger partial charge in [-0.3, -0.25) is 19.3 Å². The van der Waals surface area contributed by atoms with Gasteiger partial charge in [0.15, 0.2) is 10.6 Å². The second kappa shape index (κ2) is 5.38. The Labute approximate surface area is 121 Å². The first-order valence-electron chi connectivity index (χ1n) is 6.28. The standard InChI is InChI=1S/C13H14N6S/c1-18-9-10(8-15-18)5-7-19-12(16-17-13(19)20)11-4-2-3-6-14-11/h2-4,6,8-9H,5,7H2,1H3,(H,17,20). The molecule has 3 aromatic rings. The van der Waals surface area contributed by atoms with Crippen molar-refractivity contribution in [2.45, 2.75) is 13.0 Å². The highest BCUT2D eigenvalue weighted by Crippen LogP contribution is 2.14. The van der Waals surface area contributed by atoms with Crippen molar-refractivity contribution in [1.82, 2.24) is 29.5 Å². The van der Waals surface area contributed by atoms with Gasteiger partial charge in [0.25, 0.3) is 0 Å². The number of hydrogen-bond donors (Lipinski definition) is 1. The molecular formula is C13H14N6S. The number of nitrogens with zero attached hydrogens (tertiary/aromatic N) is 5. The Bertz CT molecular complexity index is 755. The van der Waals surface area contributed by atoms with E-state index in [0.717, 1.165) is 24.5 Å². The van der Waals surface area contributed by atoms with Gasteiger partial charge in [0.2, 0.25) is 0 Å². The average Bonchev–Trinajstić information content (AvgIpc) is 3.04. The summed E-state index contributed by atoms with van der Waals surface area (Å²) in [5, 5.41) is 11.3. The van der Waals surface area contributed by atoms with Crippen LogP contribution in [0.2, 0.25) is 0 Å². The predicted molar refractivity (Wildman–Crippen MR) is 77.6 cm³/mol. The Morgan fingerprint density at radius 2 is 2.25 bits per heavy atom. The van der Waals surface area contributed by atoms with Gasteiger partial charge in [-0.05, 0) is 36.3 Å². The van der Waals surface area contributed by atoms with Crippen LogP contribution in [0.1, 0.15) is 5.56 Å². The van der Waals surface area contributed by atoms with Crippen LogP contribution in [0.4, 0.5) is 0 Å². The molecule has 0 amide bonds. The molecule has 0 aromatic carbocycles. The van der Waals surface area contributed by atoms with Crippen molar-refractivity contribution >= 4 is 12.2 Å². The molecule has 0 unspecified atom stereocenters. The summed E-state index contributed by atoms with van der Waals surface area (Å²) in [7, 11) is 1.91. The highest BCUT2D eigenvalue weighted by atomic mass is 32.1.